The number of hydrogen-bond acceptors (Lipinski definition) is 4. The van der Waals surface area contributed by atoms with Gasteiger partial charge in [0.2, 0.25) is 0 Å². The number of ether oxygens (including phenoxy) is 1. The van der Waals surface area contributed by atoms with E-state index in [1.165, 1.54) is 12.1 Å². The van der Waals surface area contributed by atoms with Gasteiger partial charge in [0.05, 0.1) is 17.2 Å². The highest BCUT2D eigenvalue weighted by atomic mass is 16.5. The average Bonchev–Trinajstić information content (AvgIpc) is 2.46. The molecule has 0 aliphatic carbocycles. The highest BCUT2D eigenvalue weighted by Crippen LogP contribution is 2.20. The zero-order chi connectivity index (χ0) is 14.5. The average molecular weight is 268 g/mol. The summed E-state index contributed by atoms with van der Waals surface area (Å²) in [4.78, 5) is 11.0. The van der Waals surface area contributed by atoms with Crippen molar-refractivity contribution in [2.75, 3.05) is 5.73 Å². The molecule has 0 heterocycles. The van der Waals surface area contributed by atoms with Gasteiger partial charge >= 0.3 is 5.97 Å². The Morgan fingerprint density at radius 2 is 2.10 bits per heavy atom. The van der Waals surface area contributed by atoms with E-state index in [2.05, 4.69) is 0 Å². The number of carbonyl (C=O) groups is 1. The number of carboxylic acid groups (broad SMARTS) is 1. The van der Waals surface area contributed by atoms with Crippen LogP contribution in [-0.4, -0.2) is 11.1 Å². The first-order valence-electron chi connectivity index (χ1n) is 5.85. The van der Waals surface area contributed by atoms with Crippen LogP contribution in [0.25, 0.3) is 0 Å². The van der Waals surface area contributed by atoms with Crippen molar-refractivity contribution < 1.29 is 14.6 Å². The van der Waals surface area contributed by atoms with Crippen molar-refractivity contribution >= 4 is 11.7 Å². The first-order chi connectivity index (χ1) is 9.60. The summed E-state index contributed by atoms with van der Waals surface area (Å²) in [5, 5.41) is 17.8. The molecule has 0 fully saturated rings. The Morgan fingerprint density at radius 3 is 2.80 bits per heavy atom. The van der Waals surface area contributed by atoms with Gasteiger partial charge in [-0.1, -0.05) is 12.1 Å². The smallest absolute Gasteiger partial charge is 0.337 e. The fourth-order valence-corrected chi connectivity index (χ4v) is 1.71. The molecular weight excluding hydrogens is 256 g/mol. The maximum absolute atomic E-state index is 11.0. The van der Waals surface area contributed by atoms with Crippen LogP contribution in [0.2, 0.25) is 0 Å². The largest absolute Gasteiger partial charge is 0.489 e. The normalized spacial score (nSPS) is 9.75. The maximum Gasteiger partial charge on any atom is 0.337 e. The van der Waals surface area contributed by atoms with Gasteiger partial charge in [-0.05, 0) is 35.9 Å². The van der Waals surface area contributed by atoms with Crippen molar-refractivity contribution in [3.8, 4) is 11.8 Å². The Kier molecular flexibility index (Phi) is 3.87. The number of nitriles is 1. The van der Waals surface area contributed by atoms with Gasteiger partial charge in [0, 0.05) is 5.69 Å². The van der Waals surface area contributed by atoms with Crippen LogP contribution < -0.4 is 10.5 Å². The summed E-state index contributed by atoms with van der Waals surface area (Å²) in [6.45, 7) is 0.249. The van der Waals surface area contributed by atoms with Crippen LogP contribution in [0.5, 0.6) is 5.75 Å². The molecule has 0 unspecified atom stereocenters. The standard InChI is InChI=1S/C15H12N2O3/c16-8-10-2-1-3-11(6-10)9-20-12-4-5-14(17)13(7-12)15(18)19/h1-7H,9,17H2,(H,18,19). The fraction of sp³-hybridized carbons (Fsp3) is 0.0667. The van der Waals surface area contributed by atoms with Crippen molar-refractivity contribution in [2.24, 2.45) is 0 Å². The number of nitrogens with zero attached hydrogens (tertiary/aromatic N) is 1. The van der Waals surface area contributed by atoms with Gasteiger partial charge in [-0.15, -0.1) is 0 Å². The highest BCUT2D eigenvalue weighted by Gasteiger charge is 2.09. The first kappa shape index (κ1) is 13.4. The third-order valence-electron chi connectivity index (χ3n) is 2.72. The second-order valence-corrected chi connectivity index (χ2v) is 4.16. The summed E-state index contributed by atoms with van der Waals surface area (Å²) in [7, 11) is 0. The van der Waals surface area contributed by atoms with Gasteiger partial charge in [0.15, 0.2) is 0 Å². The molecule has 0 aromatic heterocycles. The van der Waals surface area contributed by atoms with E-state index in [0.29, 0.717) is 11.3 Å². The van der Waals surface area contributed by atoms with Gasteiger partial charge in [0.25, 0.3) is 0 Å². The molecule has 2 aromatic rings. The van der Waals surface area contributed by atoms with Gasteiger partial charge in [0.1, 0.15) is 12.4 Å². The molecule has 0 aliphatic heterocycles. The zero-order valence-electron chi connectivity index (χ0n) is 10.5. The number of hydrogen-bond donors (Lipinski definition) is 2. The van der Waals surface area contributed by atoms with E-state index < -0.39 is 5.97 Å². The van der Waals surface area contributed by atoms with E-state index in [0.717, 1.165) is 5.56 Å². The summed E-state index contributed by atoms with van der Waals surface area (Å²) >= 11 is 0. The first-order valence-corrected chi connectivity index (χ1v) is 5.85. The Labute approximate surface area is 115 Å². The van der Waals surface area contributed by atoms with Crippen LogP contribution in [0, 0.1) is 11.3 Å². The van der Waals surface area contributed by atoms with Crippen LogP contribution in [0.3, 0.4) is 0 Å². The monoisotopic (exact) mass is 268 g/mol. The van der Waals surface area contributed by atoms with E-state index in [4.69, 9.17) is 20.8 Å². The quantitative estimate of drug-likeness (QED) is 0.830. The number of nitrogen functional groups attached to an aromatic ring is 1. The number of rotatable bonds is 4. The topological polar surface area (TPSA) is 96.3 Å². The lowest BCUT2D eigenvalue weighted by molar-refractivity contribution is 0.0697. The summed E-state index contributed by atoms with van der Waals surface area (Å²) in [5.74, 6) is -0.682. The van der Waals surface area contributed by atoms with E-state index in [1.807, 2.05) is 12.1 Å². The van der Waals surface area contributed by atoms with Crippen molar-refractivity contribution in [3.63, 3.8) is 0 Å². The van der Waals surface area contributed by atoms with Crippen molar-refractivity contribution in [1.29, 1.82) is 5.26 Å². The molecule has 0 bridgehead atoms. The minimum absolute atomic E-state index is 0.00766. The number of carboxylic acids is 1. The molecule has 0 atom stereocenters. The molecule has 0 spiro atoms. The SMILES string of the molecule is N#Cc1cccc(COc2ccc(N)c(C(=O)O)c2)c1. The van der Waals surface area contributed by atoms with Crippen LogP contribution in [0.1, 0.15) is 21.5 Å². The van der Waals surface area contributed by atoms with Crippen molar-refractivity contribution in [1.82, 2.24) is 0 Å². The second-order valence-electron chi connectivity index (χ2n) is 4.16. The molecule has 3 N–H and O–H groups in total. The summed E-state index contributed by atoms with van der Waals surface area (Å²) < 4.78 is 5.51. The molecule has 2 aromatic carbocycles. The van der Waals surface area contributed by atoms with E-state index in [9.17, 15) is 4.79 Å². The minimum Gasteiger partial charge on any atom is -0.489 e. The molecule has 0 aliphatic rings. The van der Waals surface area contributed by atoms with E-state index in [-0.39, 0.29) is 17.9 Å². The Balaban J connectivity index is 2.13. The lowest BCUT2D eigenvalue weighted by Crippen LogP contribution is -2.03. The molecule has 2 rings (SSSR count). The van der Waals surface area contributed by atoms with Crippen molar-refractivity contribution in [2.45, 2.75) is 6.61 Å². The molecule has 0 saturated heterocycles. The predicted octanol–water partition coefficient (Wildman–Crippen LogP) is 2.42. The van der Waals surface area contributed by atoms with Crippen LogP contribution >= 0.6 is 0 Å². The molecule has 100 valence electrons. The molecule has 0 saturated carbocycles. The number of aromatic carboxylic acids is 1. The van der Waals surface area contributed by atoms with Gasteiger partial charge < -0.3 is 15.6 Å². The minimum atomic E-state index is -1.10. The van der Waals surface area contributed by atoms with Crippen LogP contribution in [0.4, 0.5) is 5.69 Å². The van der Waals surface area contributed by atoms with Crippen molar-refractivity contribution in [3.05, 3.63) is 59.2 Å². The Bertz CT molecular complexity index is 690. The molecule has 5 heteroatoms. The fourth-order valence-electron chi connectivity index (χ4n) is 1.71. The van der Waals surface area contributed by atoms with Crippen LogP contribution in [-0.2, 0) is 6.61 Å². The number of benzene rings is 2. The zero-order valence-corrected chi connectivity index (χ0v) is 10.5. The highest BCUT2D eigenvalue weighted by molar-refractivity contribution is 5.94. The lowest BCUT2D eigenvalue weighted by Gasteiger charge is -2.08. The summed E-state index contributed by atoms with van der Waals surface area (Å²) in [5.41, 5.74) is 7.14. The van der Waals surface area contributed by atoms with Gasteiger partial charge in [-0.2, -0.15) is 5.26 Å². The maximum atomic E-state index is 11.0. The third kappa shape index (κ3) is 3.06. The van der Waals surface area contributed by atoms with Gasteiger partial charge in [-0.3, -0.25) is 0 Å². The Hall–Kier alpha value is -3.00. The Morgan fingerprint density at radius 1 is 1.30 bits per heavy atom. The van der Waals surface area contributed by atoms with E-state index >= 15 is 0 Å². The number of anilines is 1. The second kappa shape index (κ2) is 5.76. The predicted molar refractivity (Wildman–Crippen MR) is 73.3 cm³/mol. The van der Waals surface area contributed by atoms with E-state index in [1.54, 1.807) is 24.3 Å². The molecule has 0 radical (unpaired) electrons. The lowest BCUT2D eigenvalue weighted by atomic mass is 10.1. The molecule has 20 heavy (non-hydrogen) atoms. The molecular formula is C15H12N2O3. The molecule has 0 amide bonds. The van der Waals surface area contributed by atoms with Crippen LogP contribution in [0.15, 0.2) is 42.5 Å². The summed E-state index contributed by atoms with van der Waals surface area (Å²) in [6.07, 6.45) is 0. The van der Waals surface area contributed by atoms with Gasteiger partial charge in [-0.25, -0.2) is 4.79 Å². The molecule has 5 nitrogen and oxygen atoms in total. The number of nitrogens with two attached hydrogens (primary N) is 1. The summed E-state index contributed by atoms with van der Waals surface area (Å²) in [6, 6.07) is 13.5. The third-order valence-corrected chi connectivity index (χ3v) is 2.72.